The van der Waals surface area contributed by atoms with E-state index < -0.39 is 27.1 Å². The normalized spacial score (nSPS) is 13.5. The number of benzene rings is 1. The van der Waals surface area contributed by atoms with Crippen LogP contribution in [0.25, 0.3) is 5.65 Å². The number of hydrogen-bond acceptors (Lipinski definition) is 6. The van der Waals surface area contributed by atoms with Crippen molar-refractivity contribution >= 4 is 38.9 Å². The van der Waals surface area contributed by atoms with Crippen molar-refractivity contribution in [2.24, 2.45) is 0 Å². The van der Waals surface area contributed by atoms with E-state index in [9.17, 15) is 13.2 Å². The Morgan fingerprint density at radius 2 is 1.42 bits per heavy atom. The van der Waals surface area contributed by atoms with Crippen molar-refractivity contribution < 1.29 is 17.9 Å². The monoisotopic (exact) mass is 734 g/mol. The van der Waals surface area contributed by atoms with Gasteiger partial charge >= 0.3 is 0 Å². The van der Waals surface area contributed by atoms with Gasteiger partial charge in [-0.3, -0.25) is 14.6 Å². The molecular formula is C38H63ClN6O4S. The van der Waals surface area contributed by atoms with Crippen LogP contribution in [0.2, 0.25) is 5.02 Å². The third kappa shape index (κ3) is 11.4. The number of carbonyl (C=O) groups excluding carboxylic acids is 1. The molecule has 1 aromatic carbocycles. The van der Waals surface area contributed by atoms with Crippen LogP contribution in [-0.2, 0) is 25.6 Å². The summed E-state index contributed by atoms with van der Waals surface area (Å²) in [5, 5.41) is 16.2. The van der Waals surface area contributed by atoms with Crippen LogP contribution in [0, 0.1) is 0 Å². The first-order valence-electron chi connectivity index (χ1n) is 18.7. The molecule has 3 N–H and O–H groups in total. The topological polar surface area (TPSA) is 130 Å². The highest BCUT2D eigenvalue weighted by molar-refractivity contribution is 7.92. The second kappa shape index (κ2) is 18.1. The number of nitrogens with one attached hydrogen (secondary N) is 3. The van der Waals surface area contributed by atoms with Gasteiger partial charge in [-0.05, 0) is 57.4 Å². The van der Waals surface area contributed by atoms with Gasteiger partial charge in [0.2, 0.25) is 10.0 Å². The fourth-order valence-electron chi connectivity index (χ4n) is 5.92. The molecule has 0 fully saturated rings. The Kier molecular flexibility index (Phi) is 15.1. The lowest BCUT2D eigenvalue weighted by Crippen LogP contribution is -2.59. The molecule has 3 aromatic rings. The molecule has 0 saturated carbocycles. The minimum Gasteiger partial charge on any atom is -0.481 e. The first-order chi connectivity index (χ1) is 23.4. The molecule has 12 heteroatoms. The van der Waals surface area contributed by atoms with Gasteiger partial charge < -0.3 is 10.1 Å². The lowest BCUT2D eigenvalue weighted by atomic mass is 9.73. The second-order valence-electron chi connectivity index (χ2n) is 15.8. The Bertz CT molecular complexity index is 1610. The molecule has 1 amide bonds. The lowest BCUT2D eigenvalue weighted by Gasteiger charge is -2.41. The van der Waals surface area contributed by atoms with Gasteiger partial charge in [0.05, 0.1) is 11.4 Å². The number of halogens is 1. The van der Waals surface area contributed by atoms with Crippen molar-refractivity contribution in [1.29, 1.82) is 0 Å². The zero-order valence-electron chi connectivity index (χ0n) is 32.0. The largest absolute Gasteiger partial charge is 0.481 e. The van der Waals surface area contributed by atoms with Gasteiger partial charge in [-0.15, -0.1) is 10.2 Å². The molecule has 0 spiro atoms. The van der Waals surface area contributed by atoms with Crippen molar-refractivity contribution in [2.45, 2.75) is 168 Å². The second-order valence-corrected chi connectivity index (χ2v) is 18.1. The van der Waals surface area contributed by atoms with E-state index in [1.165, 1.54) is 44.9 Å². The number of hydrogen-bond donors (Lipinski definition) is 3. The summed E-state index contributed by atoms with van der Waals surface area (Å²) >= 11 is 6.72. The van der Waals surface area contributed by atoms with Crippen LogP contribution in [0.3, 0.4) is 0 Å². The van der Waals surface area contributed by atoms with Crippen LogP contribution in [0.4, 0.5) is 5.69 Å². The smallest absolute Gasteiger partial charge is 0.261 e. The molecule has 50 heavy (non-hydrogen) atoms. The molecular weight excluding hydrogens is 672 g/mol. The van der Waals surface area contributed by atoms with Gasteiger partial charge in [-0.25, -0.2) is 12.9 Å². The Morgan fingerprint density at radius 3 is 1.98 bits per heavy atom. The molecule has 0 aliphatic carbocycles. The number of aromatic nitrogens is 4. The molecule has 1 unspecified atom stereocenters. The number of sulfonamides is 1. The van der Waals surface area contributed by atoms with E-state index in [1.54, 1.807) is 24.3 Å². The number of aromatic amines is 1. The quantitative estimate of drug-likeness (QED) is 0.0882. The van der Waals surface area contributed by atoms with E-state index in [0.717, 1.165) is 31.4 Å². The molecule has 0 radical (unpaired) electrons. The maximum Gasteiger partial charge on any atom is 0.261 e. The highest BCUT2D eigenvalue weighted by atomic mass is 35.5. The van der Waals surface area contributed by atoms with E-state index in [-0.39, 0.29) is 17.1 Å². The van der Waals surface area contributed by atoms with Gasteiger partial charge in [0.1, 0.15) is 10.8 Å². The van der Waals surface area contributed by atoms with E-state index >= 15 is 0 Å². The van der Waals surface area contributed by atoms with Gasteiger partial charge in [0.25, 0.3) is 5.91 Å². The zero-order valence-corrected chi connectivity index (χ0v) is 33.6. The number of rotatable bonds is 22. The fraction of sp³-hybridized carbons (Fsp3) is 0.711. The average molecular weight is 735 g/mol. The Hall–Kier alpha value is -2.79. The van der Waals surface area contributed by atoms with Gasteiger partial charge in [-0.1, -0.05) is 124 Å². The van der Waals surface area contributed by atoms with Gasteiger partial charge in [0, 0.05) is 22.1 Å². The van der Waals surface area contributed by atoms with Crippen molar-refractivity contribution in [3.05, 3.63) is 40.8 Å². The highest BCUT2D eigenvalue weighted by Gasteiger charge is 2.45. The van der Waals surface area contributed by atoms with Crippen LogP contribution in [0.15, 0.2) is 24.3 Å². The molecule has 0 aliphatic heterocycles. The summed E-state index contributed by atoms with van der Waals surface area (Å²) in [5.74, 6) is 1.01. The molecule has 0 bridgehead atoms. The molecule has 1 atom stereocenters. The summed E-state index contributed by atoms with van der Waals surface area (Å²) in [5.41, 5.74) is 0.217. The minimum atomic E-state index is -3.43. The van der Waals surface area contributed by atoms with Crippen LogP contribution in [0.5, 0.6) is 5.75 Å². The maximum atomic E-state index is 14.1. The number of unbranched alkanes of at least 4 members (excludes halogenated alkanes) is 10. The molecule has 2 aromatic heterocycles. The van der Waals surface area contributed by atoms with E-state index in [2.05, 4.69) is 53.0 Å². The van der Waals surface area contributed by atoms with Crippen molar-refractivity contribution in [3.63, 3.8) is 0 Å². The fourth-order valence-corrected chi connectivity index (χ4v) is 7.64. The van der Waals surface area contributed by atoms with Gasteiger partial charge in [0.15, 0.2) is 17.6 Å². The molecule has 0 aliphatic rings. The summed E-state index contributed by atoms with van der Waals surface area (Å²) in [7, 11) is -3.43. The number of amides is 1. The van der Waals surface area contributed by atoms with Crippen LogP contribution < -0.4 is 14.8 Å². The van der Waals surface area contributed by atoms with Crippen molar-refractivity contribution in [3.8, 4) is 5.75 Å². The minimum absolute atomic E-state index is 0.0734. The molecule has 10 nitrogen and oxygen atoms in total. The average Bonchev–Trinajstić information content (AvgIpc) is 3.61. The predicted molar refractivity (Wildman–Crippen MR) is 206 cm³/mol. The highest BCUT2D eigenvalue weighted by Crippen LogP contribution is 2.37. The van der Waals surface area contributed by atoms with E-state index in [4.69, 9.17) is 16.3 Å². The first-order valence-corrected chi connectivity index (χ1v) is 20.7. The van der Waals surface area contributed by atoms with E-state index in [1.807, 2.05) is 39.1 Å². The summed E-state index contributed by atoms with van der Waals surface area (Å²) in [6, 6.07) is 6.76. The van der Waals surface area contributed by atoms with Crippen molar-refractivity contribution in [2.75, 3.05) is 10.5 Å². The summed E-state index contributed by atoms with van der Waals surface area (Å²) < 4.78 is 35.6. The third-order valence-electron chi connectivity index (χ3n) is 9.89. The van der Waals surface area contributed by atoms with Crippen LogP contribution in [0.1, 0.15) is 157 Å². The number of carbonyl (C=O) groups is 1. The van der Waals surface area contributed by atoms with Crippen LogP contribution >= 0.6 is 11.6 Å². The first kappa shape index (κ1) is 41.6. The van der Waals surface area contributed by atoms with Crippen molar-refractivity contribution in [1.82, 2.24) is 25.1 Å². The number of nitrogens with zero attached hydrogens (tertiary/aromatic N) is 3. The zero-order chi connectivity index (χ0) is 37.2. The third-order valence-corrected chi connectivity index (χ3v) is 11.6. The number of anilines is 1. The molecule has 282 valence electrons. The number of H-pyrrole nitrogens is 1. The predicted octanol–water partition coefficient (Wildman–Crippen LogP) is 9.48. The van der Waals surface area contributed by atoms with Crippen LogP contribution in [-0.4, -0.2) is 51.5 Å². The van der Waals surface area contributed by atoms with E-state index in [0.29, 0.717) is 40.8 Å². The summed E-state index contributed by atoms with van der Waals surface area (Å²) in [4.78, 5) is 14.1. The van der Waals surface area contributed by atoms with Gasteiger partial charge in [-0.2, -0.15) is 0 Å². The lowest BCUT2D eigenvalue weighted by molar-refractivity contribution is -0.130. The number of fused-ring (bicyclic) bond motifs is 1. The Balaban J connectivity index is 1.75. The molecule has 0 saturated heterocycles. The SMILES string of the molecule is CCCCCCCCCCCCC(Oc1ccc(NS(=O)(=O)CCCC)cc1)C(=O)NC(C)(C)C(C)(C)c1nnc2c(Cl)c(C(C)(C)C)[nH]n12. The maximum absolute atomic E-state index is 14.1. The number of ether oxygens (including phenoxy) is 1. The molecule has 3 rings (SSSR count). The standard InChI is InChI=1S/C38H63ClN6O4S/c1-10-12-14-15-16-17-18-19-20-21-22-30(49-29-25-23-28(24-26-29)44-50(47,48)27-13-11-2)34(46)40-38(8,9)37(6,7)35-42-41-33-31(39)32(36(3,4)5)43-45(33)35/h23-26,30,43-44H,10-22,27H2,1-9H3,(H,40,46). The Morgan fingerprint density at radius 1 is 0.860 bits per heavy atom. The summed E-state index contributed by atoms with van der Waals surface area (Å²) in [6.45, 7) is 18.5. The molecule has 2 heterocycles. The Labute approximate surface area is 306 Å². The summed E-state index contributed by atoms with van der Waals surface area (Å²) in [6.07, 6.45) is 13.2.